The number of imide groups is 1. The predicted octanol–water partition coefficient (Wildman–Crippen LogP) is 3.35. The molecule has 2 bridgehead atoms. The fourth-order valence-electron chi connectivity index (χ4n) is 4.70. The molecule has 0 spiro atoms. The molecule has 5 nitrogen and oxygen atoms in total. The van der Waals surface area contributed by atoms with Gasteiger partial charge in [-0.05, 0) is 49.3 Å². The van der Waals surface area contributed by atoms with Gasteiger partial charge in [-0.25, -0.2) is 0 Å². The Hall–Kier alpha value is -1.59. The van der Waals surface area contributed by atoms with Gasteiger partial charge >= 0.3 is 0 Å². The lowest BCUT2D eigenvalue weighted by atomic mass is 9.81. The Kier molecular flexibility index (Phi) is 4.24. The van der Waals surface area contributed by atoms with Gasteiger partial charge in [-0.3, -0.25) is 19.3 Å². The quantitative estimate of drug-likeness (QED) is 0.814. The van der Waals surface area contributed by atoms with Crippen molar-refractivity contribution in [3.05, 3.63) is 28.2 Å². The zero-order valence-corrected chi connectivity index (χ0v) is 15.0. The number of rotatable bonds is 4. The average molecular weight is 381 g/mol. The molecule has 4 rings (SSSR count). The van der Waals surface area contributed by atoms with Crippen LogP contribution in [0.15, 0.2) is 18.2 Å². The van der Waals surface area contributed by atoms with Gasteiger partial charge in [0.25, 0.3) is 0 Å². The van der Waals surface area contributed by atoms with E-state index in [-0.39, 0.29) is 42.5 Å². The number of benzene rings is 1. The molecule has 1 saturated heterocycles. The lowest BCUT2D eigenvalue weighted by Gasteiger charge is -2.19. The second kappa shape index (κ2) is 6.29. The van der Waals surface area contributed by atoms with Crippen LogP contribution in [0.3, 0.4) is 0 Å². The number of fused-ring (bicyclic) bond motifs is 5. The second-order valence-corrected chi connectivity index (χ2v) is 7.95. The summed E-state index contributed by atoms with van der Waals surface area (Å²) in [5.41, 5.74) is 0.536. The zero-order chi connectivity index (χ0) is 17.7. The molecular weight excluding hydrogens is 363 g/mol. The van der Waals surface area contributed by atoms with Gasteiger partial charge in [0.15, 0.2) is 0 Å². The van der Waals surface area contributed by atoms with Crippen LogP contribution in [0.4, 0.5) is 5.69 Å². The number of likely N-dealkylation sites (tertiary alicyclic amines) is 1. The minimum Gasteiger partial charge on any atom is -0.326 e. The predicted molar refractivity (Wildman–Crippen MR) is 94.2 cm³/mol. The molecule has 7 heteroatoms. The molecule has 3 amide bonds. The van der Waals surface area contributed by atoms with E-state index in [0.29, 0.717) is 27.6 Å². The van der Waals surface area contributed by atoms with E-state index < -0.39 is 0 Å². The topological polar surface area (TPSA) is 66.5 Å². The van der Waals surface area contributed by atoms with Crippen LogP contribution < -0.4 is 5.32 Å². The molecular formula is C18H18Cl2N2O3. The molecule has 0 radical (unpaired) electrons. The number of carbonyl (C=O) groups is 3. The molecule has 25 heavy (non-hydrogen) atoms. The third-order valence-corrected chi connectivity index (χ3v) is 6.52. The third-order valence-electron chi connectivity index (χ3n) is 5.78. The van der Waals surface area contributed by atoms with Crippen molar-refractivity contribution in [1.29, 1.82) is 0 Å². The van der Waals surface area contributed by atoms with Crippen LogP contribution in [0.25, 0.3) is 0 Å². The smallest absolute Gasteiger partial charge is 0.233 e. The normalized spacial score (nSPS) is 30.1. The molecule has 3 aliphatic rings. The number of hydrogen-bond donors (Lipinski definition) is 1. The maximum absolute atomic E-state index is 12.6. The van der Waals surface area contributed by atoms with E-state index >= 15 is 0 Å². The number of nitrogens with one attached hydrogen (secondary N) is 1. The highest BCUT2D eigenvalue weighted by Crippen LogP contribution is 2.56. The van der Waals surface area contributed by atoms with Crippen molar-refractivity contribution in [3.8, 4) is 0 Å². The Balaban J connectivity index is 1.36. The number of anilines is 1. The Morgan fingerprint density at radius 3 is 2.32 bits per heavy atom. The summed E-state index contributed by atoms with van der Waals surface area (Å²) in [5.74, 6) is 0.0323. The van der Waals surface area contributed by atoms with Crippen LogP contribution >= 0.6 is 23.2 Å². The minimum atomic E-state index is -0.265. The molecule has 3 fully saturated rings. The molecule has 0 unspecified atom stereocenters. The van der Waals surface area contributed by atoms with E-state index in [0.717, 1.165) is 19.3 Å². The number of halogens is 2. The highest BCUT2D eigenvalue weighted by molar-refractivity contribution is 6.42. The first-order valence-corrected chi connectivity index (χ1v) is 9.31. The summed E-state index contributed by atoms with van der Waals surface area (Å²) in [5, 5.41) is 3.48. The van der Waals surface area contributed by atoms with Gasteiger partial charge < -0.3 is 5.32 Å². The second-order valence-electron chi connectivity index (χ2n) is 7.14. The maximum Gasteiger partial charge on any atom is 0.233 e. The molecule has 2 aliphatic carbocycles. The summed E-state index contributed by atoms with van der Waals surface area (Å²) in [4.78, 5) is 38.6. The molecule has 2 saturated carbocycles. The van der Waals surface area contributed by atoms with Crippen LogP contribution in [-0.2, 0) is 14.4 Å². The summed E-state index contributed by atoms with van der Waals surface area (Å²) in [7, 11) is 0. The van der Waals surface area contributed by atoms with Gasteiger partial charge in [0.05, 0.1) is 21.9 Å². The molecule has 1 aromatic rings. The van der Waals surface area contributed by atoms with Crippen LogP contribution in [0.1, 0.15) is 25.7 Å². The number of nitrogens with zero attached hydrogens (tertiary/aromatic N) is 1. The van der Waals surface area contributed by atoms with Gasteiger partial charge in [0.2, 0.25) is 17.7 Å². The van der Waals surface area contributed by atoms with Crippen molar-refractivity contribution in [3.63, 3.8) is 0 Å². The van der Waals surface area contributed by atoms with Crippen molar-refractivity contribution >= 4 is 46.6 Å². The molecule has 4 atom stereocenters. The fraction of sp³-hybridized carbons (Fsp3) is 0.500. The third kappa shape index (κ3) is 2.83. The first-order valence-electron chi connectivity index (χ1n) is 8.56. The fourth-order valence-corrected chi connectivity index (χ4v) is 5.00. The largest absolute Gasteiger partial charge is 0.326 e. The van der Waals surface area contributed by atoms with Crippen molar-refractivity contribution in [2.45, 2.75) is 25.7 Å². The van der Waals surface area contributed by atoms with Crippen molar-refractivity contribution < 1.29 is 14.4 Å². The summed E-state index contributed by atoms with van der Waals surface area (Å²) >= 11 is 11.8. The van der Waals surface area contributed by atoms with Crippen LogP contribution in [0, 0.1) is 23.7 Å². The van der Waals surface area contributed by atoms with E-state index in [1.165, 1.54) is 4.90 Å². The Morgan fingerprint density at radius 2 is 1.72 bits per heavy atom. The van der Waals surface area contributed by atoms with Crippen molar-refractivity contribution in [2.24, 2.45) is 23.7 Å². The molecule has 1 N–H and O–H groups in total. The van der Waals surface area contributed by atoms with Crippen LogP contribution in [0.2, 0.25) is 10.0 Å². The van der Waals surface area contributed by atoms with E-state index in [2.05, 4.69) is 5.32 Å². The van der Waals surface area contributed by atoms with Gasteiger partial charge in [0, 0.05) is 18.7 Å². The summed E-state index contributed by atoms with van der Waals surface area (Å²) in [6, 6.07) is 4.82. The maximum atomic E-state index is 12.6. The Morgan fingerprint density at radius 1 is 1.08 bits per heavy atom. The van der Waals surface area contributed by atoms with Gasteiger partial charge in [0.1, 0.15) is 0 Å². The van der Waals surface area contributed by atoms with Crippen molar-refractivity contribution in [2.75, 3.05) is 11.9 Å². The molecule has 1 aliphatic heterocycles. The molecule has 1 heterocycles. The van der Waals surface area contributed by atoms with Gasteiger partial charge in [-0.15, -0.1) is 0 Å². The zero-order valence-electron chi connectivity index (χ0n) is 13.5. The Bertz CT molecular complexity index is 739. The lowest BCUT2D eigenvalue weighted by molar-refractivity contribution is -0.140. The monoisotopic (exact) mass is 380 g/mol. The summed E-state index contributed by atoms with van der Waals surface area (Å²) < 4.78 is 0. The van der Waals surface area contributed by atoms with Crippen molar-refractivity contribution in [1.82, 2.24) is 4.90 Å². The summed E-state index contributed by atoms with van der Waals surface area (Å²) in [6.07, 6.45) is 3.19. The standard InChI is InChI=1S/C18H18Cl2N2O3/c19-12-4-3-11(8-13(12)20)21-14(23)5-6-22-17(24)15-9-1-2-10(7-9)16(15)18(22)25/h3-4,8-10,15-16H,1-2,5-7H2,(H,21,23)/t9-,10-,15+,16+/m1/s1. The lowest BCUT2D eigenvalue weighted by Crippen LogP contribution is -2.35. The Labute approximate surface area is 155 Å². The first-order chi connectivity index (χ1) is 12.0. The molecule has 132 valence electrons. The number of hydrogen-bond acceptors (Lipinski definition) is 3. The highest BCUT2D eigenvalue weighted by atomic mass is 35.5. The SMILES string of the molecule is O=C(CCN1C(=O)[C@H]2[C@@H]3CC[C@H](C3)[C@@H]2C1=O)Nc1ccc(Cl)c(Cl)c1. The minimum absolute atomic E-state index is 0.0759. The van der Waals surface area contributed by atoms with E-state index in [1.807, 2.05) is 0 Å². The number of carbonyl (C=O) groups excluding carboxylic acids is 3. The van der Waals surface area contributed by atoms with E-state index in [9.17, 15) is 14.4 Å². The first kappa shape index (κ1) is 16.9. The van der Waals surface area contributed by atoms with Crippen LogP contribution in [-0.4, -0.2) is 29.2 Å². The van der Waals surface area contributed by atoms with Gasteiger partial charge in [-0.2, -0.15) is 0 Å². The van der Waals surface area contributed by atoms with Gasteiger partial charge in [-0.1, -0.05) is 23.2 Å². The van der Waals surface area contributed by atoms with E-state index in [1.54, 1.807) is 18.2 Å². The molecule has 0 aromatic heterocycles. The number of amides is 3. The van der Waals surface area contributed by atoms with Crippen LogP contribution in [0.5, 0.6) is 0 Å². The molecule has 1 aromatic carbocycles. The average Bonchev–Trinajstić information content (AvgIpc) is 3.24. The summed E-state index contributed by atoms with van der Waals surface area (Å²) in [6.45, 7) is 0.136. The highest BCUT2D eigenvalue weighted by Gasteiger charge is 2.60. The van der Waals surface area contributed by atoms with E-state index in [4.69, 9.17) is 23.2 Å².